The minimum absolute atomic E-state index is 0.202. The average Bonchev–Trinajstić information content (AvgIpc) is 2.71. The minimum atomic E-state index is -3.57. The number of aryl methyl sites for hydroxylation is 1. The van der Waals surface area contributed by atoms with Crippen LogP contribution in [0.5, 0.6) is 0 Å². The van der Waals surface area contributed by atoms with Crippen molar-refractivity contribution in [3.8, 4) is 0 Å². The molecule has 0 radical (unpaired) electrons. The molecule has 1 aromatic carbocycles. The average molecular weight is 395 g/mol. The van der Waals surface area contributed by atoms with E-state index in [0.717, 1.165) is 22.5 Å². The Morgan fingerprint density at radius 1 is 1.30 bits per heavy atom. The van der Waals surface area contributed by atoms with Gasteiger partial charge >= 0.3 is 0 Å². The van der Waals surface area contributed by atoms with Crippen molar-refractivity contribution in [1.29, 1.82) is 0 Å². The fourth-order valence-corrected chi connectivity index (χ4v) is 5.32. The molecule has 0 amide bonds. The summed E-state index contributed by atoms with van der Waals surface area (Å²) in [6.07, 6.45) is 0. The fraction of sp³-hybridized carbons (Fsp3) is 0.231. The molecule has 108 valence electrons. The van der Waals surface area contributed by atoms with Crippen LogP contribution in [-0.4, -0.2) is 8.42 Å². The Labute approximate surface area is 136 Å². The molecule has 0 fully saturated rings. The largest absolute Gasteiger partial charge is 0.250 e. The molecule has 1 unspecified atom stereocenters. The van der Waals surface area contributed by atoms with Gasteiger partial charge in [-0.15, -0.1) is 11.3 Å². The van der Waals surface area contributed by atoms with Gasteiger partial charge in [0.1, 0.15) is 4.21 Å². The molecule has 0 aliphatic rings. The highest BCUT2D eigenvalue weighted by molar-refractivity contribution is 9.11. The van der Waals surface area contributed by atoms with E-state index in [2.05, 4.69) is 20.7 Å². The monoisotopic (exact) mass is 393 g/mol. The molecule has 7 heteroatoms. The van der Waals surface area contributed by atoms with E-state index in [1.807, 2.05) is 38.1 Å². The van der Waals surface area contributed by atoms with Crippen LogP contribution in [-0.2, 0) is 10.0 Å². The third-order valence-electron chi connectivity index (χ3n) is 2.80. The van der Waals surface area contributed by atoms with Crippen molar-refractivity contribution in [1.82, 2.24) is 4.72 Å². The topological polar surface area (TPSA) is 46.2 Å². The Morgan fingerprint density at radius 3 is 2.40 bits per heavy atom. The van der Waals surface area contributed by atoms with Gasteiger partial charge in [-0.1, -0.05) is 41.4 Å². The second-order valence-electron chi connectivity index (χ2n) is 4.44. The summed E-state index contributed by atoms with van der Waals surface area (Å²) < 4.78 is 28.0. The van der Waals surface area contributed by atoms with Gasteiger partial charge in [0.2, 0.25) is 0 Å². The molecule has 1 aromatic heterocycles. The van der Waals surface area contributed by atoms with Gasteiger partial charge in [-0.05, 0) is 41.4 Å². The second kappa shape index (κ2) is 6.15. The number of sulfonamides is 1. The van der Waals surface area contributed by atoms with Crippen molar-refractivity contribution in [3.63, 3.8) is 0 Å². The molecule has 3 nitrogen and oxygen atoms in total. The third-order valence-corrected chi connectivity index (χ3v) is 7.29. The van der Waals surface area contributed by atoms with E-state index in [1.165, 1.54) is 6.07 Å². The van der Waals surface area contributed by atoms with Crippen LogP contribution in [0.25, 0.3) is 0 Å². The van der Waals surface area contributed by atoms with Crippen LogP contribution in [0.4, 0.5) is 0 Å². The van der Waals surface area contributed by atoms with Crippen LogP contribution < -0.4 is 4.72 Å². The number of hydrogen-bond acceptors (Lipinski definition) is 3. The number of benzene rings is 1. The zero-order valence-electron chi connectivity index (χ0n) is 10.9. The summed E-state index contributed by atoms with van der Waals surface area (Å²) in [4.78, 5) is 0. The van der Waals surface area contributed by atoms with Gasteiger partial charge in [0.05, 0.1) is 8.81 Å². The molecule has 0 spiro atoms. The van der Waals surface area contributed by atoms with Gasteiger partial charge in [0.15, 0.2) is 0 Å². The number of thiophene rings is 1. The number of hydrogen-bond donors (Lipinski definition) is 1. The van der Waals surface area contributed by atoms with Crippen molar-refractivity contribution < 1.29 is 8.42 Å². The zero-order valence-corrected chi connectivity index (χ0v) is 14.8. The molecule has 0 aliphatic heterocycles. The first kappa shape index (κ1) is 16.0. The summed E-state index contributed by atoms with van der Waals surface area (Å²) in [6.45, 7) is 3.80. The Kier molecular flexibility index (Phi) is 4.92. The summed E-state index contributed by atoms with van der Waals surface area (Å²) in [6, 6.07) is 8.89. The SMILES string of the molecule is Cc1ccc(C(C)NS(=O)(=O)c2cc(Cl)c(Br)s2)cc1. The van der Waals surface area contributed by atoms with E-state index < -0.39 is 10.0 Å². The molecule has 20 heavy (non-hydrogen) atoms. The molecule has 1 N–H and O–H groups in total. The number of rotatable bonds is 4. The zero-order chi connectivity index (χ0) is 14.9. The first-order valence-electron chi connectivity index (χ1n) is 5.83. The first-order chi connectivity index (χ1) is 9.29. The van der Waals surface area contributed by atoms with Gasteiger partial charge in [-0.2, -0.15) is 0 Å². The quantitative estimate of drug-likeness (QED) is 0.829. The number of halogens is 2. The minimum Gasteiger partial charge on any atom is -0.206 e. The van der Waals surface area contributed by atoms with E-state index in [0.29, 0.717) is 8.81 Å². The van der Waals surface area contributed by atoms with E-state index in [1.54, 1.807) is 0 Å². The standard InChI is InChI=1S/C13H13BrClNO2S2/c1-8-3-5-10(6-4-8)9(2)16-20(17,18)12-7-11(15)13(14)19-12/h3-7,9,16H,1-2H3. The maximum atomic E-state index is 12.3. The van der Waals surface area contributed by atoms with Gasteiger partial charge in [0.25, 0.3) is 10.0 Å². The molecular weight excluding hydrogens is 382 g/mol. The van der Waals surface area contributed by atoms with Crippen molar-refractivity contribution in [2.45, 2.75) is 24.1 Å². The van der Waals surface area contributed by atoms with Crippen LogP contribution in [0.1, 0.15) is 24.1 Å². The first-order valence-corrected chi connectivity index (χ1v) is 9.30. The summed E-state index contributed by atoms with van der Waals surface area (Å²) >= 11 is 10.2. The molecular formula is C13H13BrClNO2S2. The molecule has 0 aliphatic carbocycles. The van der Waals surface area contributed by atoms with E-state index in [4.69, 9.17) is 11.6 Å². The summed E-state index contributed by atoms with van der Waals surface area (Å²) in [5.74, 6) is 0. The predicted octanol–water partition coefficient (Wildman–Crippen LogP) is 4.51. The summed E-state index contributed by atoms with van der Waals surface area (Å²) in [5, 5.41) is 0.401. The van der Waals surface area contributed by atoms with Gasteiger partial charge in [-0.25, -0.2) is 13.1 Å². The number of nitrogens with one attached hydrogen (secondary N) is 1. The van der Waals surface area contributed by atoms with Gasteiger partial charge < -0.3 is 0 Å². The third kappa shape index (κ3) is 3.62. The molecule has 0 saturated carbocycles. The normalized spacial score (nSPS) is 13.4. The maximum Gasteiger partial charge on any atom is 0.250 e. The van der Waals surface area contributed by atoms with Crippen LogP contribution in [0.2, 0.25) is 5.02 Å². The molecule has 0 bridgehead atoms. The fourth-order valence-electron chi connectivity index (χ4n) is 1.67. The van der Waals surface area contributed by atoms with Gasteiger partial charge in [0, 0.05) is 6.04 Å². The Bertz CT molecular complexity index is 691. The summed E-state index contributed by atoms with van der Waals surface area (Å²) in [5.41, 5.74) is 2.05. The lowest BCUT2D eigenvalue weighted by molar-refractivity contribution is 0.569. The van der Waals surface area contributed by atoms with Crippen molar-refractivity contribution in [3.05, 3.63) is 50.3 Å². The Morgan fingerprint density at radius 2 is 1.90 bits per heavy atom. The van der Waals surface area contributed by atoms with Crippen molar-refractivity contribution >= 4 is 48.9 Å². The smallest absolute Gasteiger partial charge is 0.206 e. The Hall–Kier alpha value is -0.400. The predicted molar refractivity (Wildman–Crippen MR) is 86.9 cm³/mol. The van der Waals surface area contributed by atoms with Crippen LogP contribution in [0, 0.1) is 6.92 Å². The van der Waals surface area contributed by atoms with E-state index in [-0.39, 0.29) is 10.3 Å². The molecule has 1 atom stereocenters. The van der Waals surface area contributed by atoms with Crippen LogP contribution in [0.15, 0.2) is 38.3 Å². The highest BCUT2D eigenvalue weighted by Gasteiger charge is 2.21. The van der Waals surface area contributed by atoms with Crippen LogP contribution in [0.3, 0.4) is 0 Å². The van der Waals surface area contributed by atoms with Crippen LogP contribution >= 0.6 is 38.9 Å². The lowest BCUT2D eigenvalue weighted by Crippen LogP contribution is -2.26. The summed E-state index contributed by atoms with van der Waals surface area (Å²) in [7, 11) is -3.57. The Balaban J connectivity index is 2.21. The van der Waals surface area contributed by atoms with E-state index in [9.17, 15) is 8.42 Å². The second-order valence-corrected chi connectivity index (χ2v) is 9.16. The highest BCUT2D eigenvalue weighted by atomic mass is 79.9. The highest BCUT2D eigenvalue weighted by Crippen LogP contribution is 2.35. The van der Waals surface area contributed by atoms with Gasteiger partial charge in [-0.3, -0.25) is 0 Å². The molecule has 2 aromatic rings. The molecule has 2 rings (SSSR count). The molecule has 1 heterocycles. The lowest BCUT2D eigenvalue weighted by atomic mass is 10.1. The lowest BCUT2D eigenvalue weighted by Gasteiger charge is -2.14. The molecule has 0 saturated heterocycles. The van der Waals surface area contributed by atoms with Crippen molar-refractivity contribution in [2.24, 2.45) is 0 Å². The van der Waals surface area contributed by atoms with E-state index >= 15 is 0 Å². The maximum absolute atomic E-state index is 12.3. The van der Waals surface area contributed by atoms with Crippen molar-refractivity contribution in [2.75, 3.05) is 0 Å².